The second kappa shape index (κ2) is 6.25. The molecule has 0 fully saturated rings. The second-order valence-electron chi connectivity index (χ2n) is 4.02. The molecule has 0 saturated carbocycles. The highest BCUT2D eigenvalue weighted by Crippen LogP contribution is 2.34. The molecule has 0 unspecified atom stereocenters. The molecule has 6 heteroatoms. The van der Waals surface area contributed by atoms with E-state index >= 15 is 0 Å². The van der Waals surface area contributed by atoms with E-state index < -0.39 is 5.97 Å². The molecule has 1 aliphatic rings. The van der Waals surface area contributed by atoms with Crippen molar-refractivity contribution in [2.24, 2.45) is 4.99 Å². The van der Waals surface area contributed by atoms with E-state index in [4.69, 9.17) is 14.2 Å². The van der Waals surface area contributed by atoms with Crippen molar-refractivity contribution in [2.75, 3.05) is 13.7 Å². The molecule has 1 aromatic carbocycles. The molecule has 20 heavy (non-hydrogen) atoms. The van der Waals surface area contributed by atoms with E-state index in [1.165, 1.54) is 0 Å². The first-order valence-electron chi connectivity index (χ1n) is 6.04. The monoisotopic (exact) mass is 387 g/mol. The molecule has 5 nitrogen and oxygen atoms in total. The first kappa shape index (κ1) is 14.8. The molecule has 0 radical (unpaired) electrons. The lowest BCUT2D eigenvalue weighted by molar-refractivity contribution is -0.130. The summed E-state index contributed by atoms with van der Waals surface area (Å²) in [6.07, 6.45) is 1.67. The van der Waals surface area contributed by atoms with Gasteiger partial charge in [0.25, 0.3) is 0 Å². The first-order valence-corrected chi connectivity index (χ1v) is 7.12. The van der Waals surface area contributed by atoms with Crippen LogP contribution >= 0.6 is 22.6 Å². The van der Waals surface area contributed by atoms with E-state index in [0.717, 1.165) is 9.13 Å². The fourth-order valence-electron chi connectivity index (χ4n) is 1.78. The summed E-state index contributed by atoms with van der Waals surface area (Å²) in [6.45, 7) is 4.11. The van der Waals surface area contributed by atoms with Crippen molar-refractivity contribution in [3.8, 4) is 11.5 Å². The maximum Gasteiger partial charge on any atom is 0.363 e. The first-order chi connectivity index (χ1) is 9.55. The van der Waals surface area contributed by atoms with Crippen LogP contribution in [0.1, 0.15) is 19.4 Å². The average Bonchev–Trinajstić information content (AvgIpc) is 2.70. The van der Waals surface area contributed by atoms with Crippen LogP contribution in [0.15, 0.2) is 22.8 Å². The lowest BCUT2D eigenvalue weighted by Gasteiger charge is -2.12. The third-order valence-electron chi connectivity index (χ3n) is 2.57. The van der Waals surface area contributed by atoms with Crippen molar-refractivity contribution in [2.45, 2.75) is 13.8 Å². The predicted molar refractivity (Wildman–Crippen MR) is 84.1 cm³/mol. The molecule has 0 saturated heterocycles. The number of halogens is 1. The van der Waals surface area contributed by atoms with Gasteiger partial charge in [0.1, 0.15) is 0 Å². The summed E-state index contributed by atoms with van der Waals surface area (Å²) in [5, 5.41) is 0. The van der Waals surface area contributed by atoms with E-state index in [2.05, 4.69) is 27.6 Å². The Bertz CT molecular complexity index is 607. The Labute approximate surface area is 130 Å². The molecule has 106 valence electrons. The van der Waals surface area contributed by atoms with E-state index in [-0.39, 0.29) is 5.70 Å². The topological polar surface area (TPSA) is 57.1 Å². The van der Waals surface area contributed by atoms with Crippen LogP contribution in [0.3, 0.4) is 0 Å². The standard InChI is InChI=1S/C14H14INO4/c1-4-19-13-10(15)5-9(7-12(13)18-3)6-11-14(17)20-8(2)16-11/h5-7H,4H2,1-3H3. The normalized spacial score (nSPS) is 16.1. The molecule has 0 amide bonds. The van der Waals surface area contributed by atoms with Crippen LogP contribution in [-0.2, 0) is 9.53 Å². The van der Waals surface area contributed by atoms with Crippen molar-refractivity contribution in [1.82, 2.24) is 0 Å². The summed E-state index contributed by atoms with van der Waals surface area (Å²) < 4.78 is 16.7. The van der Waals surface area contributed by atoms with Gasteiger partial charge in [-0.05, 0) is 53.3 Å². The molecule has 0 aromatic heterocycles. The lowest BCUT2D eigenvalue weighted by Crippen LogP contribution is -2.00. The summed E-state index contributed by atoms with van der Waals surface area (Å²) in [7, 11) is 1.58. The van der Waals surface area contributed by atoms with Crippen molar-refractivity contribution >= 4 is 40.5 Å². The smallest absolute Gasteiger partial charge is 0.363 e. The number of rotatable bonds is 4. The summed E-state index contributed by atoms with van der Waals surface area (Å²) >= 11 is 2.17. The summed E-state index contributed by atoms with van der Waals surface area (Å²) in [6, 6.07) is 3.70. The predicted octanol–water partition coefficient (Wildman–Crippen LogP) is 3.01. The van der Waals surface area contributed by atoms with Crippen molar-refractivity contribution in [3.63, 3.8) is 0 Å². The molecule has 0 N–H and O–H groups in total. The molecule has 0 spiro atoms. The van der Waals surface area contributed by atoms with Gasteiger partial charge in [0.05, 0.1) is 17.3 Å². The molecule has 1 aliphatic heterocycles. The van der Waals surface area contributed by atoms with Gasteiger partial charge in [-0.25, -0.2) is 9.79 Å². The number of benzene rings is 1. The quantitative estimate of drug-likeness (QED) is 0.453. The van der Waals surface area contributed by atoms with Gasteiger partial charge >= 0.3 is 5.97 Å². The van der Waals surface area contributed by atoms with Gasteiger partial charge in [0, 0.05) is 6.92 Å². The Morgan fingerprint density at radius 2 is 2.20 bits per heavy atom. The van der Waals surface area contributed by atoms with Gasteiger partial charge in [-0.3, -0.25) is 0 Å². The minimum absolute atomic E-state index is 0.282. The van der Waals surface area contributed by atoms with E-state index in [1.807, 2.05) is 13.0 Å². The van der Waals surface area contributed by atoms with E-state index in [0.29, 0.717) is 24.0 Å². The lowest BCUT2D eigenvalue weighted by atomic mass is 10.1. The number of methoxy groups -OCH3 is 1. The maximum atomic E-state index is 11.5. The second-order valence-corrected chi connectivity index (χ2v) is 5.18. The number of carbonyl (C=O) groups excluding carboxylic acids is 1. The number of cyclic esters (lactones) is 1. The van der Waals surface area contributed by atoms with Crippen LogP contribution in [0.4, 0.5) is 0 Å². The number of carbonyl (C=O) groups is 1. The molecular weight excluding hydrogens is 373 g/mol. The number of hydrogen-bond donors (Lipinski definition) is 0. The molecule has 0 bridgehead atoms. The highest BCUT2D eigenvalue weighted by atomic mass is 127. The number of aliphatic imine (C=N–C) groups is 1. The third-order valence-corrected chi connectivity index (χ3v) is 3.37. The van der Waals surface area contributed by atoms with Crippen molar-refractivity contribution in [3.05, 3.63) is 27.0 Å². The van der Waals surface area contributed by atoms with Gasteiger partial charge < -0.3 is 14.2 Å². The largest absolute Gasteiger partial charge is 0.493 e. The zero-order valence-corrected chi connectivity index (χ0v) is 13.6. The summed E-state index contributed by atoms with van der Waals surface area (Å²) in [5.74, 6) is 1.24. The van der Waals surface area contributed by atoms with Gasteiger partial charge in [-0.2, -0.15) is 0 Å². The van der Waals surface area contributed by atoms with Crippen LogP contribution in [0, 0.1) is 3.57 Å². The minimum Gasteiger partial charge on any atom is -0.493 e. The molecule has 1 heterocycles. The van der Waals surface area contributed by atoms with Crippen molar-refractivity contribution in [1.29, 1.82) is 0 Å². The molecular formula is C14H14INO4. The van der Waals surface area contributed by atoms with Gasteiger partial charge in [-0.15, -0.1) is 0 Å². The fraction of sp³-hybridized carbons (Fsp3) is 0.286. The molecule has 0 aliphatic carbocycles. The van der Waals surface area contributed by atoms with E-state index in [1.54, 1.807) is 26.2 Å². The Kier molecular flexibility index (Phi) is 4.64. The van der Waals surface area contributed by atoms with Gasteiger partial charge in [-0.1, -0.05) is 0 Å². The number of esters is 1. The van der Waals surface area contributed by atoms with Gasteiger partial charge in [0.15, 0.2) is 23.1 Å². The Morgan fingerprint density at radius 3 is 2.75 bits per heavy atom. The highest BCUT2D eigenvalue weighted by molar-refractivity contribution is 14.1. The number of hydrogen-bond acceptors (Lipinski definition) is 5. The van der Waals surface area contributed by atoms with Crippen LogP contribution < -0.4 is 9.47 Å². The third kappa shape index (κ3) is 3.12. The maximum absolute atomic E-state index is 11.5. The van der Waals surface area contributed by atoms with Gasteiger partial charge in [0.2, 0.25) is 0 Å². The fourth-order valence-corrected chi connectivity index (χ4v) is 2.56. The van der Waals surface area contributed by atoms with Crippen molar-refractivity contribution < 1.29 is 19.0 Å². The zero-order chi connectivity index (χ0) is 14.7. The number of ether oxygens (including phenoxy) is 3. The van der Waals surface area contributed by atoms with E-state index in [9.17, 15) is 4.79 Å². The Morgan fingerprint density at radius 1 is 1.45 bits per heavy atom. The number of nitrogens with zero attached hydrogens (tertiary/aromatic N) is 1. The van der Waals surface area contributed by atoms with Crippen LogP contribution in [0.2, 0.25) is 0 Å². The molecule has 1 aromatic rings. The molecule has 0 atom stereocenters. The van der Waals surface area contributed by atoms with Crippen LogP contribution in [0.5, 0.6) is 11.5 Å². The van der Waals surface area contributed by atoms with Crippen LogP contribution in [0.25, 0.3) is 6.08 Å². The average molecular weight is 387 g/mol. The minimum atomic E-state index is -0.439. The zero-order valence-electron chi connectivity index (χ0n) is 11.4. The highest BCUT2D eigenvalue weighted by Gasteiger charge is 2.20. The Balaban J connectivity index is 2.42. The van der Waals surface area contributed by atoms with Crippen LogP contribution in [-0.4, -0.2) is 25.6 Å². The summed E-state index contributed by atoms with van der Waals surface area (Å²) in [5.41, 5.74) is 1.09. The summed E-state index contributed by atoms with van der Waals surface area (Å²) in [4.78, 5) is 15.6. The Hall–Kier alpha value is -1.57. The SMILES string of the molecule is CCOc1c(I)cc(C=C2N=C(C)OC2=O)cc1OC. The molecule has 2 rings (SSSR count).